The molecule has 18 heavy (non-hydrogen) atoms. The molecule has 0 spiro atoms. The number of carbonyl (C=O) groups is 1. The van der Waals surface area contributed by atoms with Crippen molar-refractivity contribution in [2.24, 2.45) is 0 Å². The van der Waals surface area contributed by atoms with Crippen LogP contribution in [0.5, 0.6) is 5.75 Å². The first kappa shape index (κ1) is 12.9. The first-order valence-corrected chi connectivity index (χ1v) is 6.29. The molecule has 0 aliphatic heterocycles. The third-order valence-electron chi connectivity index (χ3n) is 2.29. The summed E-state index contributed by atoms with van der Waals surface area (Å²) in [4.78, 5) is 11.9. The van der Waals surface area contributed by atoms with Crippen LogP contribution < -0.4 is 5.32 Å². The average molecular weight is 327 g/mol. The summed E-state index contributed by atoms with van der Waals surface area (Å²) in [6, 6.07) is 11.5. The minimum atomic E-state index is -0.387. The fourth-order valence-electron chi connectivity index (χ4n) is 1.46. The highest BCUT2D eigenvalue weighted by Crippen LogP contribution is 2.23. The molecule has 1 amide bonds. The Labute approximate surface area is 118 Å². The molecule has 0 saturated heterocycles. The van der Waals surface area contributed by atoms with Gasteiger partial charge in [-0.25, -0.2) is 0 Å². The Kier molecular flexibility index (Phi) is 3.89. The Hall–Kier alpha value is -1.52. The third-order valence-corrected chi connectivity index (χ3v) is 3.02. The molecule has 0 saturated carbocycles. The predicted octanol–water partition coefficient (Wildman–Crippen LogP) is 4.06. The Morgan fingerprint density at radius 2 is 2.00 bits per heavy atom. The van der Waals surface area contributed by atoms with E-state index in [-0.39, 0.29) is 17.2 Å². The molecular weight excluding hydrogens is 318 g/mol. The van der Waals surface area contributed by atoms with E-state index in [4.69, 9.17) is 11.6 Å². The summed E-state index contributed by atoms with van der Waals surface area (Å²) in [5.41, 5.74) is 0.785. The van der Waals surface area contributed by atoms with Crippen LogP contribution in [0, 0.1) is 0 Å². The molecule has 0 aromatic heterocycles. The quantitative estimate of drug-likeness (QED) is 0.874. The van der Waals surface area contributed by atoms with E-state index < -0.39 is 0 Å². The number of halogens is 2. The van der Waals surface area contributed by atoms with Crippen LogP contribution in [0.2, 0.25) is 5.02 Å². The van der Waals surface area contributed by atoms with Crippen LogP contribution in [0.25, 0.3) is 0 Å². The summed E-state index contributed by atoms with van der Waals surface area (Å²) in [6.45, 7) is 0. The zero-order valence-corrected chi connectivity index (χ0v) is 11.5. The molecule has 0 aliphatic carbocycles. The second-order valence-corrected chi connectivity index (χ2v) is 4.98. The number of rotatable bonds is 2. The third kappa shape index (κ3) is 3.03. The van der Waals surface area contributed by atoms with Gasteiger partial charge in [-0.15, -0.1) is 0 Å². The van der Waals surface area contributed by atoms with Crippen molar-refractivity contribution in [3.63, 3.8) is 0 Å². The van der Waals surface area contributed by atoms with E-state index in [0.717, 1.165) is 0 Å². The van der Waals surface area contributed by atoms with Crippen LogP contribution in [0.4, 0.5) is 5.69 Å². The Morgan fingerprint density at radius 1 is 1.22 bits per heavy atom. The summed E-state index contributed by atoms with van der Waals surface area (Å²) < 4.78 is 0.708. The number of phenols is 1. The van der Waals surface area contributed by atoms with E-state index in [2.05, 4.69) is 21.2 Å². The van der Waals surface area contributed by atoms with Crippen molar-refractivity contribution in [1.82, 2.24) is 0 Å². The van der Waals surface area contributed by atoms with E-state index >= 15 is 0 Å². The molecule has 0 aliphatic rings. The molecule has 2 rings (SSSR count). The standard InChI is InChI=1S/C13H9BrClNO2/c14-8-4-5-11(12(17)6-8)13(18)16-10-3-1-2-9(15)7-10/h1-7,17H,(H,16,18). The molecule has 0 atom stereocenters. The second-order valence-electron chi connectivity index (χ2n) is 3.63. The second kappa shape index (κ2) is 5.42. The van der Waals surface area contributed by atoms with Gasteiger partial charge in [0.1, 0.15) is 5.75 Å². The lowest BCUT2D eigenvalue weighted by molar-refractivity contribution is 0.102. The van der Waals surface area contributed by atoms with Crippen LogP contribution in [0.1, 0.15) is 10.4 Å². The fourth-order valence-corrected chi connectivity index (χ4v) is 2.00. The zero-order valence-electron chi connectivity index (χ0n) is 9.15. The van der Waals surface area contributed by atoms with Crippen LogP contribution in [0.15, 0.2) is 46.9 Å². The van der Waals surface area contributed by atoms with Gasteiger partial charge in [0.25, 0.3) is 5.91 Å². The van der Waals surface area contributed by atoms with Crippen molar-refractivity contribution in [3.05, 3.63) is 57.5 Å². The van der Waals surface area contributed by atoms with Crippen LogP contribution in [0.3, 0.4) is 0 Å². The number of hydrogen-bond donors (Lipinski definition) is 2. The predicted molar refractivity (Wildman–Crippen MR) is 75.2 cm³/mol. The van der Waals surface area contributed by atoms with Crippen molar-refractivity contribution >= 4 is 39.1 Å². The molecule has 2 N–H and O–H groups in total. The van der Waals surface area contributed by atoms with Crippen LogP contribution >= 0.6 is 27.5 Å². The number of nitrogens with one attached hydrogen (secondary N) is 1. The minimum Gasteiger partial charge on any atom is -0.507 e. The first-order chi connectivity index (χ1) is 8.56. The summed E-state index contributed by atoms with van der Waals surface area (Å²) >= 11 is 9.03. The van der Waals surface area contributed by atoms with E-state index in [1.54, 1.807) is 36.4 Å². The number of benzene rings is 2. The maximum atomic E-state index is 11.9. The maximum absolute atomic E-state index is 11.9. The summed E-state index contributed by atoms with van der Waals surface area (Å²) in [5, 5.41) is 12.9. The number of anilines is 1. The van der Waals surface area contributed by atoms with E-state index in [0.29, 0.717) is 15.2 Å². The summed E-state index contributed by atoms with van der Waals surface area (Å²) in [7, 11) is 0. The highest BCUT2D eigenvalue weighted by molar-refractivity contribution is 9.10. The van der Waals surface area contributed by atoms with Crippen LogP contribution in [-0.2, 0) is 0 Å². The Balaban J connectivity index is 2.22. The molecule has 0 fully saturated rings. The van der Waals surface area contributed by atoms with Gasteiger partial charge in [0, 0.05) is 15.2 Å². The SMILES string of the molecule is O=C(Nc1cccc(Cl)c1)c1ccc(Br)cc1O. The average Bonchev–Trinajstić information content (AvgIpc) is 2.28. The molecule has 0 bridgehead atoms. The fraction of sp³-hybridized carbons (Fsp3) is 0. The van der Waals surface area contributed by atoms with Crippen molar-refractivity contribution < 1.29 is 9.90 Å². The molecule has 3 nitrogen and oxygen atoms in total. The van der Waals surface area contributed by atoms with E-state index in [1.807, 2.05) is 0 Å². The Bertz CT molecular complexity index is 601. The molecular formula is C13H9BrClNO2. The van der Waals surface area contributed by atoms with Gasteiger partial charge in [-0.3, -0.25) is 4.79 Å². The maximum Gasteiger partial charge on any atom is 0.259 e. The van der Waals surface area contributed by atoms with Gasteiger partial charge >= 0.3 is 0 Å². The number of carbonyl (C=O) groups excluding carboxylic acids is 1. The number of hydrogen-bond acceptors (Lipinski definition) is 2. The molecule has 0 radical (unpaired) electrons. The molecule has 92 valence electrons. The van der Waals surface area contributed by atoms with Gasteiger partial charge in [0.15, 0.2) is 0 Å². The van der Waals surface area contributed by atoms with Gasteiger partial charge in [-0.2, -0.15) is 0 Å². The van der Waals surface area contributed by atoms with E-state index in [9.17, 15) is 9.90 Å². The molecule has 0 unspecified atom stereocenters. The minimum absolute atomic E-state index is 0.0797. The normalized spacial score (nSPS) is 10.1. The highest BCUT2D eigenvalue weighted by atomic mass is 79.9. The monoisotopic (exact) mass is 325 g/mol. The van der Waals surface area contributed by atoms with Crippen molar-refractivity contribution in [2.45, 2.75) is 0 Å². The smallest absolute Gasteiger partial charge is 0.259 e. The topological polar surface area (TPSA) is 49.3 Å². The van der Waals surface area contributed by atoms with Gasteiger partial charge in [0.05, 0.1) is 5.56 Å². The molecule has 0 heterocycles. The van der Waals surface area contributed by atoms with Gasteiger partial charge in [0.2, 0.25) is 0 Å². The molecule has 2 aromatic rings. The van der Waals surface area contributed by atoms with Gasteiger partial charge < -0.3 is 10.4 Å². The highest BCUT2D eigenvalue weighted by Gasteiger charge is 2.11. The van der Waals surface area contributed by atoms with E-state index in [1.165, 1.54) is 6.07 Å². The van der Waals surface area contributed by atoms with Gasteiger partial charge in [-0.1, -0.05) is 33.6 Å². The summed E-state index contributed by atoms with van der Waals surface area (Å²) in [5.74, 6) is -0.467. The molecule has 5 heteroatoms. The van der Waals surface area contributed by atoms with Crippen molar-refractivity contribution in [2.75, 3.05) is 5.32 Å². The van der Waals surface area contributed by atoms with Gasteiger partial charge in [-0.05, 0) is 36.4 Å². The van der Waals surface area contributed by atoms with Crippen molar-refractivity contribution in [1.29, 1.82) is 0 Å². The zero-order chi connectivity index (χ0) is 13.1. The lowest BCUT2D eigenvalue weighted by atomic mass is 10.2. The summed E-state index contributed by atoms with van der Waals surface area (Å²) in [6.07, 6.45) is 0. The Morgan fingerprint density at radius 3 is 2.67 bits per heavy atom. The lowest BCUT2D eigenvalue weighted by Crippen LogP contribution is -2.11. The molecule has 2 aromatic carbocycles. The number of amides is 1. The lowest BCUT2D eigenvalue weighted by Gasteiger charge is -2.07. The number of phenolic OH excluding ortho intramolecular Hbond substituents is 1. The van der Waals surface area contributed by atoms with Crippen LogP contribution in [-0.4, -0.2) is 11.0 Å². The van der Waals surface area contributed by atoms with Crippen molar-refractivity contribution in [3.8, 4) is 5.75 Å². The largest absolute Gasteiger partial charge is 0.507 e. The number of aromatic hydroxyl groups is 1. The first-order valence-electron chi connectivity index (χ1n) is 5.12.